The van der Waals surface area contributed by atoms with Gasteiger partial charge < -0.3 is 10.1 Å². The number of aryl methyl sites for hydroxylation is 1. The molecule has 1 heterocycles. The molecule has 0 aromatic carbocycles. The molecular weight excluding hydrogens is 238 g/mol. The van der Waals surface area contributed by atoms with Gasteiger partial charge in [-0.25, -0.2) is 9.97 Å². The molecule has 0 saturated heterocycles. The number of aromatic nitrogens is 2. The van der Waals surface area contributed by atoms with Crippen LogP contribution in [0.3, 0.4) is 0 Å². The van der Waals surface area contributed by atoms with Crippen molar-refractivity contribution >= 4 is 0 Å². The summed E-state index contributed by atoms with van der Waals surface area (Å²) in [5.74, 6) is 0.718. The van der Waals surface area contributed by atoms with Gasteiger partial charge in [0.15, 0.2) is 0 Å². The van der Waals surface area contributed by atoms with Crippen LogP contribution < -0.4 is 10.1 Å². The van der Waals surface area contributed by atoms with Crippen molar-refractivity contribution in [1.82, 2.24) is 15.3 Å². The number of hydrogen-bond acceptors (Lipinski definition) is 4. The quantitative estimate of drug-likeness (QED) is 0.734. The maximum atomic E-state index is 5.58. The van der Waals surface area contributed by atoms with Crippen LogP contribution in [-0.2, 0) is 6.54 Å². The zero-order chi connectivity index (χ0) is 14.3. The largest absolute Gasteiger partial charge is 0.463 e. The topological polar surface area (TPSA) is 47.0 Å². The summed E-state index contributed by atoms with van der Waals surface area (Å²) < 4.78 is 5.58. The van der Waals surface area contributed by atoms with Crippen LogP contribution in [-0.4, -0.2) is 22.6 Å². The Bertz CT molecular complexity index is 378. The van der Waals surface area contributed by atoms with Crippen LogP contribution >= 0.6 is 0 Å². The van der Waals surface area contributed by atoms with Gasteiger partial charge in [0.1, 0.15) is 0 Å². The van der Waals surface area contributed by atoms with Gasteiger partial charge in [-0.1, -0.05) is 27.7 Å². The number of ether oxygens (including phenoxy) is 1. The lowest BCUT2D eigenvalue weighted by atomic mass is 10.1. The van der Waals surface area contributed by atoms with Gasteiger partial charge >= 0.3 is 6.01 Å². The van der Waals surface area contributed by atoms with Crippen molar-refractivity contribution in [3.8, 4) is 6.01 Å². The fourth-order valence-corrected chi connectivity index (χ4v) is 1.68. The molecule has 0 radical (unpaired) electrons. The number of rotatable bonds is 8. The van der Waals surface area contributed by atoms with Crippen LogP contribution in [0.1, 0.15) is 51.8 Å². The second kappa shape index (κ2) is 8.10. The summed E-state index contributed by atoms with van der Waals surface area (Å²) in [6.07, 6.45) is 4.08. The van der Waals surface area contributed by atoms with Gasteiger partial charge in [-0.05, 0) is 25.7 Å². The summed E-state index contributed by atoms with van der Waals surface area (Å²) in [6.45, 7) is 12.2. The van der Waals surface area contributed by atoms with E-state index in [0.29, 0.717) is 18.7 Å². The lowest BCUT2D eigenvalue weighted by molar-refractivity contribution is 0.275. The van der Waals surface area contributed by atoms with Crippen molar-refractivity contribution in [2.45, 2.75) is 60.0 Å². The van der Waals surface area contributed by atoms with Crippen molar-refractivity contribution in [1.29, 1.82) is 0 Å². The molecule has 4 heteroatoms. The fourth-order valence-electron chi connectivity index (χ4n) is 1.68. The highest BCUT2D eigenvalue weighted by molar-refractivity contribution is 5.17. The molecule has 1 aromatic rings. The zero-order valence-electron chi connectivity index (χ0n) is 12.9. The zero-order valence-corrected chi connectivity index (χ0v) is 12.9. The van der Waals surface area contributed by atoms with E-state index in [2.05, 4.69) is 43.0 Å². The molecule has 0 aliphatic heterocycles. The van der Waals surface area contributed by atoms with E-state index in [9.17, 15) is 0 Å². The second-order valence-corrected chi connectivity index (χ2v) is 5.68. The Morgan fingerprint density at radius 1 is 1.26 bits per heavy atom. The summed E-state index contributed by atoms with van der Waals surface area (Å²) >= 11 is 0. The van der Waals surface area contributed by atoms with E-state index in [1.54, 1.807) is 0 Å². The van der Waals surface area contributed by atoms with E-state index >= 15 is 0 Å². The van der Waals surface area contributed by atoms with E-state index in [4.69, 9.17) is 4.74 Å². The van der Waals surface area contributed by atoms with E-state index in [-0.39, 0.29) is 0 Å². The third-order valence-corrected chi connectivity index (χ3v) is 2.92. The number of nitrogens with zero attached hydrogens (tertiary/aromatic N) is 2. The van der Waals surface area contributed by atoms with Crippen LogP contribution in [0.25, 0.3) is 0 Å². The third kappa shape index (κ3) is 6.53. The molecular formula is C15H27N3O. The molecule has 4 nitrogen and oxygen atoms in total. The molecule has 1 N–H and O–H groups in total. The van der Waals surface area contributed by atoms with Crippen molar-refractivity contribution in [3.63, 3.8) is 0 Å². The highest BCUT2D eigenvalue weighted by Gasteiger charge is 2.05. The third-order valence-electron chi connectivity index (χ3n) is 2.92. The van der Waals surface area contributed by atoms with Gasteiger partial charge in [0, 0.05) is 30.0 Å². The molecule has 0 spiro atoms. The van der Waals surface area contributed by atoms with E-state index in [1.165, 1.54) is 6.42 Å². The Morgan fingerprint density at radius 3 is 2.58 bits per heavy atom. The molecule has 0 saturated carbocycles. The Labute approximate surface area is 117 Å². The van der Waals surface area contributed by atoms with Gasteiger partial charge in [0.05, 0.1) is 6.61 Å². The first-order chi connectivity index (χ1) is 8.99. The SMILES string of the molecule is Cc1nc(OCCCC(C)C)ncc1CNC(C)C. The van der Waals surface area contributed by atoms with Crippen molar-refractivity contribution < 1.29 is 4.74 Å². The van der Waals surface area contributed by atoms with E-state index in [1.807, 2.05) is 13.1 Å². The Morgan fingerprint density at radius 2 is 2.00 bits per heavy atom. The molecule has 0 atom stereocenters. The summed E-state index contributed by atoms with van der Waals surface area (Å²) in [5.41, 5.74) is 2.12. The molecule has 0 bridgehead atoms. The van der Waals surface area contributed by atoms with E-state index < -0.39 is 0 Å². The van der Waals surface area contributed by atoms with Crippen molar-refractivity contribution in [2.75, 3.05) is 6.61 Å². The predicted octanol–water partition coefficient (Wildman–Crippen LogP) is 3.10. The fraction of sp³-hybridized carbons (Fsp3) is 0.733. The average Bonchev–Trinajstić information content (AvgIpc) is 2.33. The van der Waals surface area contributed by atoms with Crippen molar-refractivity contribution in [3.05, 3.63) is 17.5 Å². The summed E-state index contributed by atoms with van der Waals surface area (Å²) in [7, 11) is 0. The van der Waals surface area contributed by atoms with Crippen LogP contribution in [0.4, 0.5) is 0 Å². The van der Waals surface area contributed by atoms with Gasteiger partial charge in [0.2, 0.25) is 0 Å². The maximum Gasteiger partial charge on any atom is 0.316 e. The highest BCUT2D eigenvalue weighted by atomic mass is 16.5. The normalized spacial score (nSPS) is 11.3. The Hall–Kier alpha value is -1.16. The highest BCUT2D eigenvalue weighted by Crippen LogP contribution is 2.10. The molecule has 0 unspecified atom stereocenters. The number of hydrogen-bond donors (Lipinski definition) is 1. The molecule has 0 fully saturated rings. The lowest BCUT2D eigenvalue weighted by Crippen LogP contribution is -2.22. The molecule has 0 aliphatic carbocycles. The summed E-state index contributed by atoms with van der Waals surface area (Å²) in [6, 6.07) is 0.959. The van der Waals surface area contributed by atoms with Crippen LogP contribution in [0.15, 0.2) is 6.20 Å². The minimum atomic E-state index is 0.464. The summed E-state index contributed by atoms with van der Waals surface area (Å²) in [5, 5.41) is 3.37. The standard InChI is InChI=1S/C15H27N3O/c1-11(2)7-6-8-19-15-17-10-14(13(5)18-15)9-16-12(3)4/h10-12,16H,6-9H2,1-5H3. The van der Waals surface area contributed by atoms with Crippen LogP contribution in [0, 0.1) is 12.8 Å². The first-order valence-electron chi connectivity index (χ1n) is 7.17. The molecule has 0 amide bonds. The second-order valence-electron chi connectivity index (χ2n) is 5.68. The van der Waals surface area contributed by atoms with Gasteiger partial charge in [-0.3, -0.25) is 0 Å². The smallest absolute Gasteiger partial charge is 0.316 e. The van der Waals surface area contributed by atoms with Gasteiger partial charge in [-0.2, -0.15) is 0 Å². The Kier molecular flexibility index (Phi) is 6.78. The predicted molar refractivity (Wildman–Crippen MR) is 78.3 cm³/mol. The van der Waals surface area contributed by atoms with Crippen LogP contribution in [0.2, 0.25) is 0 Å². The van der Waals surface area contributed by atoms with Crippen molar-refractivity contribution in [2.24, 2.45) is 5.92 Å². The van der Waals surface area contributed by atoms with E-state index in [0.717, 1.165) is 30.1 Å². The monoisotopic (exact) mass is 265 g/mol. The molecule has 1 aromatic heterocycles. The first kappa shape index (κ1) is 15.9. The average molecular weight is 265 g/mol. The van der Waals surface area contributed by atoms with Gasteiger partial charge in [-0.15, -0.1) is 0 Å². The molecule has 1 rings (SSSR count). The molecule has 19 heavy (non-hydrogen) atoms. The number of nitrogens with one attached hydrogen (secondary N) is 1. The molecule has 108 valence electrons. The lowest BCUT2D eigenvalue weighted by Gasteiger charge is -2.11. The van der Waals surface area contributed by atoms with Crippen LogP contribution in [0.5, 0.6) is 6.01 Å². The Balaban J connectivity index is 2.42. The minimum Gasteiger partial charge on any atom is -0.463 e. The first-order valence-corrected chi connectivity index (χ1v) is 7.17. The minimum absolute atomic E-state index is 0.464. The van der Waals surface area contributed by atoms with Gasteiger partial charge in [0.25, 0.3) is 0 Å². The maximum absolute atomic E-state index is 5.58. The summed E-state index contributed by atoms with van der Waals surface area (Å²) in [4.78, 5) is 8.66. The molecule has 0 aliphatic rings.